The van der Waals surface area contributed by atoms with Gasteiger partial charge in [-0.1, -0.05) is 34.1 Å². The van der Waals surface area contributed by atoms with E-state index in [1.807, 2.05) is 31.2 Å². The van der Waals surface area contributed by atoms with Crippen LogP contribution in [0.15, 0.2) is 51.8 Å². The van der Waals surface area contributed by atoms with Crippen LogP contribution < -0.4 is 5.32 Å². The molecule has 1 N–H and O–H groups in total. The molecule has 5 nitrogen and oxygen atoms in total. The Morgan fingerprint density at radius 3 is 2.61 bits per heavy atom. The van der Waals surface area contributed by atoms with Crippen LogP contribution in [0.3, 0.4) is 0 Å². The minimum Gasteiger partial charge on any atom is -0.345 e. The first-order valence-corrected chi connectivity index (χ1v) is 8.83. The van der Waals surface area contributed by atoms with Crippen LogP contribution in [0, 0.1) is 10.1 Å². The van der Waals surface area contributed by atoms with Crippen LogP contribution in [0.1, 0.15) is 28.9 Å². The van der Waals surface area contributed by atoms with E-state index >= 15 is 0 Å². The molecule has 120 valence electrons. The summed E-state index contributed by atoms with van der Waals surface area (Å²) < 4.78 is 0.900. The van der Waals surface area contributed by atoms with E-state index in [1.54, 1.807) is 18.4 Å². The van der Waals surface area contributed by atoms with Gasteiger partial charge in [0.2, 0.25) is 0 Å². The molecule has 0 aliphatic heterocycles. The van der Waals surface area contributed by atoms with Crippen molar-refractivity contribution in [1.82, 2.24) is 5.32 Å². The molecule has 0 fully saturated rings. The Kier molecular flexibility index (Phi) is 5.79. The van der Waals surface area contributed by atoms with Crippen molar-refractivity contribution in [3.8, 4) is 0 Å². The summed E-state index contributed by atoms with van der Waals surface area (Å²) in [5.74, 6) is -0.344. The smallest absolute Gasteiger partial charge is 0.283 e. The van der Waals surface area contributed by atoms with Gasteiger partial charge in [0.1, 0.15) is 0 Å². The average Bonchev–Trinajstić information content (AvgIpc) is 2.54. The lowest BCUT2D eigenvalue weighted by Gasteiger charge is -2.16. The highest BCUT2D eigenvalue weighted by atomic mass is 79.9. The third kappa shape index (κ3) is 4.11. The van der Waals surface area contributed by atoms with Crippen molar-refractivity contribution >= 4 is 39.3 Å². The number of hydrogen-bond donors (Lipinski definition) is 1. The molecule has 1 atom stereocenters. The van der Waals surface area contributed by atoms with E-state index in [1.165, 1.54) is 17.8 Å². The highest BCUT2D eigenvalue weighted by molar-refractivity contribution is 9.10. The minimum atomic E-state index is -0.472. The Morgan fingerprint density at radius 1 is 1.30 bits per heavy atom. The lowest BCUT2D eigenvalue weighted by Crippen LogP contribution is -2.26. The molecule has 1 unspecified atom stereocenters. The Balaban J connectivity index is 2.22. The maximum absolute atomic E-state index is 12.4. The third-order valence-corrected chi connectivity index (χ3v) is 4.86. The Hall–Kier alpha value is -1.86. The summed E-state index contributed by atoms with van der Waals surface area (Å²) in [6.45, 7) is 1.86. The lowest BCUT2D eigenvalue weighted by molar-refractivity contribution is -0.387. The number of nitro groups is 1. The molecule has 7 heteroatoms. The summed E-state index contributed by atoms with van der Waals surface area (Å²) in [4.78, 5) is 23.5. The molecular formula is C16H15BrN2O3S. The molecule has 0 aromatic heterocycles. The number of nitro benzene ring substituents is 1. The number of carbonyl (C=O) groups is 1. The molecule has 0 spiro atoms. The van der Waals surface area contributed by atoms with E-state index in [2.05, 4.69) is 21.2 Å². The molecule has 2 aromatic rings. The number of nitrogens with zero attached hydrogens (tertiary/aromatic N) is 1. The van der Waals surface area contributed by atoms with E-state index in [0.29, 0.717) is 4.90 Å². The normalized spacial score (nSPS) is 11.8. The number of nitrogens with one attached hydrogen (secondary N) is 1. The molecular weight excluding hydrogens is 380 g/mol. The van der Waals surface area contributed by atoms with E-state index in [0.717, 1.165) is 10.0 Å². The first kappa shape index (κ1) is 17.5. The summed E-state index contributed by atoms with van der Waals surface area (Å²) in [7, 11) is 0. The molecule has 0 heterocycles. The number of rotatable bonds is 5. The third-order valence-electron chi connectivity index (χ3n) is 3.36. The molecule has 0 saturated carbocycles. The molecule has 2 aromatic carbocycles. The predicted octanol–water partition coefficient (Wildman–Crippen LogP) is 4.57. The molecule has 0 bridgehead atoms. The van der Waals surface area contributed by atoms with E-state index in [4.69, 9.17) is 0 Å². The first-order chi connectivity index (χ1) is 10.9. The molecule has 2 rings (SSSR count). The van der Waals surface area contributed by atoms with E-state index in [-0.39, 0.29) is 23.2 Å². The van der Waals surface area contributed by atoms with Gasteiger partial charge in [-0.2, -0.15) is 0 Å². The summed E-state index contributed by atoms with van der Waals surface area (Å²) in [5.41, 5.74) is 1.16. The minimum absolute atomic E-state index is 0.0568. The van der Waals surface area contributed by atoms with Gasteiger partial charge in [0.05, 0.1) is 15.9 Å². The Morgan fingerprint density at radius 2 is 2.00 bits per heavy atom. The summed E-state index contributed by atoms with van der Waals surface area (Å²) in [6, 6.07) is 11.9. The predicted molar refractivity (Wildman–Crippen MR) is 94.9 cm³/mol. The van der Waals surface area contributed by atoms with Crippen molar-refractivity contribution in [2.24, 2.45) is 0 Å². The average molecular weight is 395 g/mol. The van der Waals surface area contributed by atoms with Crippen LogP contribution in [-0.4, -0.2) is 17.1 Å². The fourth-order valence-corrected chi connectivity index (χ4v) is 3.33. The quantitative estimate of drug-likeness (QED) is 0.457. The van der Waals surface area contributed by atoms with Crippen molar-refractivity contribution in [1.29, 1.82) is 0 Å². The van der Waals surface area contributed by atoms with Crippen molar-refractivity contribution in [3.63, 3.8) is 0 Å². The van der Waals surface area contributed by atoms with Crippen molar-refractivity contribution in [2.45, 2.75) is 17.9 Å². The van der Waals surface area contributed by atoms with Gasteiger partial charge in [0.15, 0.2) is 0 Å². The number of carbonyl (C=O) groups excluding carboxylic acids is 1. The second-order valence-electron chi connectivity index (χ2n) is 4.86. The monoisotopic (exact) mass is 394 g/mol. The maximum Gasteiger partial charge on any atom is 0.283 e. The number of halogens is 1. The van der Waals surface area contributed by atoms with Crippen LogP contribution in [-0.2, 0) is 0 Å². The number of hydrogen-bond acceptors (Lipinski definition) is 4. The van der Waals surface area contributed by atoms with Crippen LogP contribution in [0.4, 0.5) is 5.69 Å². The van der Waals surface area contributed by atoms with Crippen LogP contribution in [0.5, 0.6) is 0 Å². The number of benzene rings is 2. The van der Waals surface area contributed by atoms with Crippen molar-refractivity contribution in [2.75, 3.05) is 6.26 Å². The second kappa shape index (κ2) is 7.61. The number of thioether (sulfide) groups is 1. The summed E-state index contributed by atoms with van der Waals surface area (Å²) in [6.07, 6.45) is 1.76. The van der Waals surface area contributed by atoms with Crippen molar-refractivity contribution < 1.29 is 9.72 Å². The van der Waals surface area contributed by atoms with Crippen LogP contribution >= 0.6 is 27.7 Å². The highest BCUT2D eigenvalue weighted by Crippen LogP contribution is 2.29. The standard InChI is InChI=1S/C16H15BrN2O3S/c1-10(12-5-3-4-6-13(12)17)18-16(20)11-7-8-15(23-2)14(9-11)19(21)22/h3-10H,1-2H3,(H,18,20). The molecule has 0 radical (unpaired) electrons. The van der Waals surface area contributed by atoms with Gasteiger partial charge in [-0.25, -0.2) is 0 Å². The fraction of sp³-hybridized carbons (Fsp3) is 0.188. The van der Waals surface area contributed by atoms with Crippen LogP contribution in [0.25, 0.3) is 0 Å². The molecule has 0 saturated heterocycles. The van der Waals surface area contributed by atoms with Gasteiger partial charge < -0.3 is 5.32 Å². The molecule has 0 aliphatic rings. The SMILES string of the molecule is CSc1ccc(C(=O)NC(C)c2ccccc2Br)cc1[N+](=O)[O-]. The zero-order chi connectivity index (χ0) is 17.0. The van der Waals surface area contributed by atoms with Gasteiger partial charge in [0, 0.05) is 16.1 Å². The summed E-state index contributed by atoms with van der Waals surface area (Å²) >= 11 is 4.73. The molecule has 1 amide bonds. The molecule has 0 aliphatic carbocycles. The van der Waals surface area contributed by atoms with Gasteiger partial charge in [0.25, 0.3) is 11.6 Å². The van der Waals surface area contributed by atoms with Gasteiger partial charge in [-0.3, -0.25) is 14.9 Å². The zero-order valence-electron chi connectivity index (χ0n) is 12.6. The summed E-state index contributed by atoms with van der Waals surface area (Å²) in [5, 5.41) is 14.0. The largest absolute Gasteiger partial charge is 0.345 e. The maximum atomic E-state index is 12.4. The van der Waals surface area contributed by atoms with E-state index < -0.39 is 4.92 Å². The van der Waals surface area contributed by atoms with Gasteiger partial charge >= 0.3 is 0 Å². The van der Waals surface area contributed by atoms with Gasteiger partial charge in [-0.05, 0) is 36.9 Å². The lowest BCUT2D eigenvalue weighted by atomic mass is 10.1. The van der Waals surface area contributed by atoms with E-state index in [9.17, 15) is 14.9 Å². The highest BCUT2D eigenvalue weighted by Gasteiger charge is 2.19. The fourth-order valence-electron chi connectivity index (χ4n) is 2.16. The van der Waals surface area contributed by atoms with Crippen molar-refractivity contribution in [3.05, 3.63) is 68.2 Å². The zero-order valence-corrected chi connectivity index (χ0v) is 15.0. The molecule has 23 heavy (non-hydrogen) atoms. The second-order valence-corrected chi connectivity index (χ2v) is 6.56. The Bertz CT molecular complexity index is 752. The van der Waals surface area contributed by atoms with Crippen LogP contribution in [0.2, 0.25) is 0 Å². The number of amides is 1. The van der Waals surface area contributed by atoms with Gasteiger partial charge in [-0.15, -0.1) is 11.8 Å². The first-order valence-electron chi connectivity index (χ1n) is 6.81. The topological polar surface area (TPSA) is 72.2 Å². The Labute approximate surface area is 146 Å².